The van der Waals surface area contributed by atoms with Crippen LogP contribution in [0.1, 0.15) is 22.8 Å². The normalized spacial score (nSPS) is 10.0. The lowest BCUT2D eigenvalue weighted by Crippen LogP contribution is -2.25. The van der Waals surface area contributed by atoms with Crippen LogP contribution in [0.3, 0.4) is 0 Å². The third-order valence-corrected chi connectivity index (χ3v) is 3.62. The molecular weight excluding hydrogens is 320 g/mol. The van der Waals surface area contributed by atoms with Gasteiger partial charge >= 0.3 is 0 Å². The molecule has 25 heavy (non-hydrogen) atoms. The van der Waals surface area contributed by atoms with E-state index in [1.807, 2.05) is 18.2 Å². The Hall–Kier alpha value is -3.02. The average Bonchev–Trinajstić information content (AvgIpc) is 2.61. The molecule has 0 saturated carbocycles. The number of hydrogen-bond donors (Lipinski definition) is 2. The molecule has 0 aromatic heterocycles. The highest BCUT2D eigenvalue weighted by Crippen LogP contribution is 2.24. The molecule has 2 rings (SSSR count). The predicted molar refractivity (Wildman–Crippen MR) is 96.3 cm³/mol. The summed E-state index contributed by atoms with van der Waals surface area (Å²) >= 11 is 0. The maximum absolute atomic E-state index is 12.3. The Labute approximate surface area is 147 Å². The Morgan fingerprint density at radius 3 is 2.52 bits per heavy atom. The van der Waals surface area contributed by atoms with Crippen molar-refractivity contribution in [3.8, 4) is 11.5 Å². The molecular formula is C19H22N2O4. The van der Waals surface area contributed by atoms with Gasteiger partial charge in [0.15, 0.2) is 0 Å². The fourth-order valence-electron chi connectivity index (χ4n) is 2.41. The first-order valence-electron chi connectivity index (χ1n) is 7.90. The van der Waals surface area contributed by atoms with E-state index >= 15 is 0 Å². The van der Waals surface area contributed by atoms with Crippen LogP contribution in [-0.2, 0) is 11.2 Å². The monoisotopic (exact) mass is 342 g/mol. The molecule has 0 heterocycles. The molecule has 0 aliphatic carbocycles. The topological polar surface area (TPSA) is 76.7 Å². The molecule has 2 N–H and O–H groups in total. The molecule has 0 aliphatic heterocycles. The summed E-state index contributed by atoms with van der Waals surface area (Å²) < 4.78 is 10.5. The van der Waals surface area contributed by atoms with Crippen molar-refractivity contribution in [3.05, 3.63) is 53.6 Å². The van der Waals surface area contributed by atoms with Crippen molar-refractivity contribution < 1.29 is 19.1 Å². The van der Waals surface area contributed by atoms with Gasteiger partial charge in [-0.2, -0.15) is 0 Å². The Bertz CT molecular complexity index is 759. The molecule has 0 aliphatic rings. The third kappa shape index (κ3) is 5.24. The number of ether oxygens (including phenoxy) is 2. The Morgan fingerprint density at radius 2 is 1.84 bits per heavy atom. The quantitative estimate of drug-likeness (QED) is 0.811. The number of nitrogens with one attached hydrogen (secondary N) is 2. The third-order valence-electron chi connectivity index (χ3n) is 3.62. The predicted octanol–water partition coefficient (Wildman–Crippen LogP) is 2.63. The lowest BCUT2D eigenvalue weighted by molar-refractivity contribution is -0.114. The van der Waals surface area contributed by atoms with Gasteiger partial charge in [0.1, 0.15) is 11.5 Å². The van der Waals surface area contributed by atoms with Gasteiger partial charge < -0.3 is 20.1 Å². The van der Waals surface area contributed by atoms with Gasteiger partial charge in [0.05, 0.1) is 14.2 Å². The lowest BCUT2D eigenvalue weighted by Gasteiger charge is -2.11. The van der Waals surface area contributed by atoms with Crippen molar-refractivity contribution in [2.45, 2.75) is 13.3 Å². The van der Waals surface area contributed by atoms with Gasteiger partial charge in [-0.3, -0.25) is 9.59 Å². The molecule has 0 saturated heterocycles. The molecule has 6 nitrogen and oxygen atoms in total. The largest absolute Gasteiger partial charge is 0.497 e. The van der Waals surface area contributed by atoms with Gasteiger partial charge in [0.25, 0.3) is 5.91 Å². The maximum atomic E-state index is 12.3. The summed E-state index contributed by atoms with van der Waals surface area (Å²) in [6.45, 7) is 1.89. The zero-order valence-corrected chi connectivity index (χ0v) is 14.6. The Morgan fingerprint density at radius 1 is 1.04 bits per heavy atom. The first kappa shape index (κ1) is 18.3. The van der Waals surface area contributed by atoms with E-state index in [1.165, 1.54) is 6.92 Å². The van der Waals surface area contributed by atoms with E-state index in [9.17, 15) is 9.59 Å². The van der Waals surface area contributed by atoms with Gasteiger partial charge in [0.2, 0.25) is 5.91 Å². The number of anilines is 1. The molecule has 2 aromatic carbocycles. The van der Waals surface area contributed by atoms with Crippen LogP contribution in [0.2, 0.25) is 0 Å². The highest BCUT2D eigenvalue weighted by Gasteiger charge is 2.09. The van der Waals surface area contributed by atoms with Crippen LogP contribution in [0.4, 0.5) is 5.69 Å². The zero-order chi connectivity index (χ0) is 18.2. The summed E-state index contributed by atoms with van der Waals surface area (Å²) in [6, 6.07) is 12.4. The minimum atomic E-state index is -0.195. The molecule has 6 heteroatoms. The van der Waals surface area contributed by atoms with E-state index in [0.717, 1.165) is 17.1 Å². The van der Waals surface area contributed by atoms with E-state index in [-0.39, 0.29) is 11.8 Å². The van der Waals surface area contributed by atoms with Crippen molar-refractivity contribution >= 4 is 17.5 Å². The van der Waals surface area contributed by atoms with E-state index in [0.29, 0.717) is 24.2 Å². The smallest absolute Gasteiger partial charge is 0.251 e. The van der Waals surface area contributed by atoms with Crippen LogP contribution in [0.5, 0.6) is 11.5 Å². The van der Waals surface area contributed by atoms with E-state index in [1.54, 1.807) is 38.5 Å². The molecule has 132 valence electrons. The number of rotatable bonds is 7. The van der Waals surface area contributed by atoms with Crippen molar-refractivity contribution in [2.24, 2.45) is 0 Å². The summed E-state index contributed by atoms with van der Waals surface area (Å²) in [5.41, 5.74) is 2.07. The van der Waals surface area contributed by atoms with Gasteiger partial charge in [-0.25, -0.2) is 0 Å². The second kappa shape index (κ2) is 8.73. The standard InChI is InChI=1S/C19H22N2O4/c1-13(22)21-16-6-4-5-15(11-16)19(23)20-10-9-14-7-8-17(24-2)12-18(14)25-3/h4-8,11-12H,9-10H2,1-3H3,(H,20,23)(H,21,22). The molecule has 2 amide bonds. The van der Waals surface area contributed by atoms with Crippen LogP contribution >= 0.6 is 0 Å². The zero-order valence-electron chi connectivity index (χ0n) is 14.6. The van der Waals surface area contributed by atoms with Gasteiger partial charge in [-0.1, -0.05) is 12.1 Å². The molecule has 2 aromatic rings. The van der Waals surface area contributed by atoms with Crippen molar-refractivity contribution in [1.82, 2.24) is 5.32 Å². The second-order valence-electron chi connectivity index (χ2n) is 5.45. The second-order valence-corrected chi connectivity index (χ2v) is 5.45. The number of hydrogen-bond acceptors (Lipinski definition) is 4. The lowest BCUT2D eigenvalue weighted by atomic mass is 10.1. The van der Waals surface area contributed by atoms with Crippen LogP contribution in [0.25, 0.3) is 0 Å². The molecule has 0 fully saturated rings. The first-order valence-corrected chi connectivity index (χ1v) is 7.90. The van der Waals surface area contributed by atoms with E-state index in [2.05, 4.69) is 10.6 Å². The SMILES string of the molecule is COc1ccc(CCNC(=O)c2cccc(NC(C)=O)c2)c(OC)c1. The molecule has 0 unspecified atom stereocenters. The number of carbonyl (C=O) groups excluding carboxylic acids is 2. The van der Waals surface area contributed by atoms with E-state index < -0.39 is 0 Å². The summed E-state index contributed by atoms with van der Waals surface area (Å²) in [7, 11) is 3.20. The summed E-state index contributed by atoms with van der Waals surface area (Å²) in [5.74, 6) is 1.07. The van der Waals surface area contributed by atoms with Gasteiger partial charge in [0, 0.05) is 30.8 Å². The molecule has 0 bridgehead atoms. The van der Waals surface area contributed by atoms with Gasteiger partial charge in [-0.05, 0) is 36.2 Å². The molecule has 0 spiro atoms. The minimum absolute atomic E-state index is 0.177. The number of methoxy groups -OCH3 is 2. The van der Waals surface area contributed by atoms with Gasteiger partial charge in [-0.15, -0.1) is 0 Å². The summed E-state index contributed by atoms with van der Waals surface area (Å²) in [4.78, 5) is 23.3. The summed E-state index contributed by atoms with van der Waals surface area (Å²) in [6.07, 6.45) is 0.629. The molecule has 0 atom stereocenters. The van der Waals surface area contributed by atoms with Crippen LogP contribution in [-0.4, -0.2) is 32.6 Å². The fraction of sp³-hybridized carbons (Fsp3) is 0.263. The summed E-state index contributed by atoms with van der Waals surface area (Å²) in [5, 5.41) is 5.53. The van der Waals surface area contributed by atoms with Crippen LogP contribution in [0.15, 0.2) is 42.5 Å². The highest BCUT2D eigenvalue weighted by molar-refractivity contribution is 5.96. The number of carbonyl (C=O) groups is 2. The number of benzene rings is 2. The van der Waals surface area contributed by atoms with Crippen LogP contribution < -0.4 is 20.1 Å². The van der Waals surface area contributed by atoms with Crippen molar-refractivity contribution in [3.63, 3.8) is 0 Å². The number of amides is 2. The van der Waals surface area contributed by atoms with Crippen molar-refractivity contribution in [1.29, 1.82) is 0 Å². The van der Waals surface area contributed by atoms with E-state index in [4.69, 9.17) is 9.47 Å². The van der Waals surface area contributed by atoms with Crippen molar-refractivity contribution in [2.75, 3.05) is 26.1 Å². The van der Waals surface area contributed by atoms with Crippen LogP contribution in [0, 0.1) is 0 Å². The maximum Gasteiger partial charge on any atom is 0.251 e. The average molecular weight is 342 g/mol. The fourth-order valence-corrected chi connectivity index (χ4v) is 2.41. The Kier molecular flexibility index (Phi) is 6.39. The molecule has 0 radical (unpaired) electrons. The Balaban J connectivity index is 1.95. The highest BCUT2D eigenvalue weighted by atomic mass is 16.5. The first-order chi connectivity index (χ1) is 12.0. The minimum Gasteiger partial charge on any atom is -0.497 e.